The first-order chi connectivity index (χ1) is 11.9. The van der Waals surface area contributed by atoms with Gasteiger partial charge in [-0.15, -0.1) is 0 Å². The lowest BCUT2D eigenvalue weighted by Crippen LogP contribution is -2.19. The average Bonchev–Trinajstić information content (AvgIpc) is 3.25. The van der Waals surface area contributed by atoms with E-state index in [2.05, 4.69) is 0 Å². The minimum absolute atomic E-state index is 0.0348. The number of ether oxygens (including phenoxy) is 2. The molecule has 1 fully saturated rings. The van der Waals surface area contributed by atoms with Crippen molar-refractivity contribution in [2.24, 2.45) is 0 Å². The first-order valence-corrected chi connectivity index (χ1v) is 8.22. The van der Waals surface area contributed by atoms with E-state index in [4.69, 9.17) is 21.1 Å². The SMILES string of the molecule is CC1C[C@H]2O[C@@H]2/C=C\C=C\C(=O)Cc2c(Cl)c(O)cc(O)c2C(=O)O1. The van der Waals surface area contributed by atoms with Crippen LogP contribution in [0.4, 0.5) is 0 Å². The Morgan fingerprint density at radius 2 is 1.96 bits per heavy atom. The molecule has 1 aromatic rings. The van der Waals surface area contributed by atoms with E-state index in [0.717, 1.165) is 6.07 Å². The van der Waals surface area contributed by atoms with Crippen LogP contribution in [0.1, 0.15) is 29.3 Å². The van der Waals surface area contributed by atoms with Gasteiger partial charge in [-0.1, -0.05) is 29.8 Å². The van der Waals surface area contributed by atoms with Crippen molar-refractivity contribution in [2.75, 3.05) is 0 Å². The third kappa shape index (κ3) is 3.86. The van der Waals surface area contributed by atoms with Gasteiger partial charge < -0.3 is 19.7 Å². The Kier molecular flexibility index (Phi) is 4.83. The Balaban J connectivity index is 2.01. The van der Waals surface area contributed by atoms with E-state index >= 15 is 0 Å². The molecular formula is C18H17ClO6. The van der Waals surface area contributed by atoms with Crippen molar-refractivity contribution < 1.29 is 29.3 Å². The number of epoxide rings is 1. The lowest BCUT2D eigenvalue weighted by atomic mass is 10.00. The molecule has 0 aliphatic carbocycles. The van der Waals surface area contributed by atoms with Crippen LogP contribution in [0, 0.1) is 0 Å². The van der Waals surface area contributed by atoms with Crippen LogP contribution in [-0.2, 0) is 20.7 Å². The van der Waals surface area contributed by atoms with Gasteiger partial charge in [-0.3, -0.25) is 4.79 Å². The summed E-state index contributed by atoms with van der Waals surface area (Å²) in [6, 6.07) is 0.958. The fraction of sp³-hybridized carbons (Fsp3) is 0.333. The predicted octanol–water partition coefficient (Wildman–Crippen LogP) is 2.69. The van der Waals surface area contributed by atoms with E-state index in [1.165, 1.54) is 6.08 Å². The maximum Gasteiger partial charge on any atom is 0.342 e. The number of allylic oxidation sites excluding steroid dienone is 3. The Labute approximate surface area is 149 Å². The monoisotopic (exact) mass is 364 g/mol. The van der Waals surface area contributed by atoms with Gasteiger partial charge in [0, 0.05) is 24.5 Å². The van der Waals surface area contributed by atoms with Crippen molar-refractivity contribution in [1.82, 2.24) is 0 Å². The number of rotatable bonds is 0. The van der Waals surface area contributed by atoms with Crippen molar-refractivity contribution in [3.8, 4) is 11.5 Å². The van der Waals surface area contributed by atoms with Gasteiger partial charge in [0.05, 0.1) is 11.1 Å². The van der Waals surface area contributed by atoms with Crippen molar-refractivity contribution in [2.45, 2.75) is 38.1 Å². The molecule has 6 nitrogen and oxygen atoms in total. The molecule has 132 valence electrons. The molecular weight excluding hydrogens is 348 g/mol. The third-order valence-electron chi connectivity index (χ3n) is 4.06. The molecule has 0 radical (unpaired) electrons. The lowest BCUT2D eigenvalue weighted by molar-refractivity contribution is -0.114. The first kappa shape index (κ1) is 17.5. The minimum Gasteiger partial charge on any atom is -0.507 e. The van der Waals surface area contributed by atoms with Crippen LogP contribution < -0.4 is 0 Å². The number of aromatic hydroxyl groups is 2. The topological polar surface area (TPSA) is 96.4 Å². The summed E-state index contributed by atoms with van der Waals surface area (Å²) >= 11 is 6.05. The summed E-state index contributed by atoms with van der Waals surface area (Å²) in [7, 11) is 0. The van der Waals surface area contributed by atoms with Crippen LogP contribution in [-0.4, -0.2) is 40.3 Å². The van der Waals surface area contributed by atoms with Gasteiger partial charge in [0.15, 0.2) is 5.78 Å². The minimum atomic E-state index is -0.802. The highest BCUT2D eigenvalue weighted by Crippen LogP contribution is 2.37. The van der Waals surface area contributed by atoms with Gasteiger partial charge >= 0.3 is 5.97 Å². The number of ketones is 1. The Bertz CT molecular complexity index is 782. The molecule has 0 saturated carbocycles. The van der Waals surface area contributed by atoms with Gasteiger partial charge in [0.1, 0.15) is 29.3 Å². The highest BCUT2D eigenvalue weighted by molar-refractivity contribution is 6.33. The standard InChI is InChI=1S/C18H17ClO6/c1-9-6-15-14(25-15)5-3-2-4-10(20)7-11-16(18(23)24-9)12(21)8-13(22)17(11)19/h2-5,8-9,14-15,21-22H,6-7H2,1H3/b4-2+,5-3-/t9?,14-,15-/m1/s1. The molecule has 25 heavy (non-hydrogen) atoms. The second-order valence-corrected chi connectivity index (χ2v) is 6.44. The fourth-order valence-electron chi connectivity index (χ4n) is 2.78. The largest absolute Gasteiger partial charge is 0.507 e. The molecule has 2 heterocycles. The number of phenols is 2. The number of esters is 1. The molecule has 2 aliphatic rings. The number of fused-ring (bicyclic) bond motifs is 2. The molecule has 2 N–H and O–H groups in total. The van der Waals surface area contributed by atoms with E-state index < -0.39 is 23.6 Å². The summed E-state index contributed by atoms with van der Waals surface area (Å²) < 4.78 is 10.8. The number of carbonyl (C=O) groups is 2. The number of hydrogen-bond acceptors (Lipinski definition) is 6. The molecule has 3 atom stereocenters. The Hall–Kier alpha value is -2.31. The molecule has 1 saturated heterocycles. The Morgan fingerprint density at radius 1 is 1.20 bits per heavy atom. The maximum absolute atomic E-state index is 12.5. The number of cyclic esters (lactones) is 1. The smallest absolute Gasteiger partial charge is 0.342 e. The van der Waals surface area contributed by atoms with Gasteiger partial charge in [-0.25, -0.2) is 4.79 Å². The third-order valence-corrected chi connectivity index (χ3v) is 4.49. The molecule has 0 aromatic heterocycles. The van der Waals surface area contributed by atoms with E-state index in [1.54, 1.807) is 19.1 Å². The number of benzene rings is 1. The van der Waals surface area contributed by atoms with Gasteiger partial charge in [-0.2, -0.15) is 0 Å². The predicted molar refractivity (Wildman–Crippen MR) is 89.9 cm³/mol. The summed E-state index contributed by atoms with van der Waals surface area (Å²) in [6.45, 7) is 1.72. The van der Waals surface area contributed by atoms with E-state index in [9.17, 15) is 19.8 Å². The zero-order valence-corrected chi connectivity index (χ0v) is 14.2. The number of hydrogen-bond donors (Lipinski definition) is 2. The number of carbonyl (C=O) groups excluding carboxylic acids is 2. The fourth-order valence-corrected chi connectivity index (χ4v) is 3.00. The zero-order valence-electron chi connectivity index (χ0n) is 13.4. The van der Waals surface area contributed by atoms with Crippen molar-refractivity contribution in [3.05, 3.63) is 46.5 Å². The summed E-state index contributed by atoms with van der Waals surface area (Å²) in [5, 5.41) is 19.7. The molecule has 3 rings (SSSR count). The van der Waals surface area contributed by atoms with Gasteiger partial charge in [0.2, 0.25) is 0 Å². The summed E-state index contributed by atoms with van der Waals surface area (Å²) in [6.07, 6.45) is 6.13. The van der Waals surface area contributed by atoms with E-state index in [-0.39, 0.29) is 40.6 Å². The van der Waals surface area contributed by atoms with Gasteiger partial charge in [0.25, 0.3) is 0 Å². The summed E-state index contributed by atoms with van der Waals surface area (Å²) in [4.78, 5) is 24.6. The summed E-state index contributed by atoms with van der Waals surface area (Å²) in [5.41, 5.74) is -0.176. The quantitative estimate of drug-likeness (QED) is 0.542. The lowest BCUT2D eigenvalue weighted by Gasteiger charge is -2.16. The highest BCUT2D eigenvalue weighted by Gasteiger charge is 2.38. The number of halogens is 1. The average molecular weight is 365 g/mol. The second-order valence-electron chi connectivity index (χ2n) is 6.06. The van der Waals surface area contributed by atoms with Crippen molar-refractivity contribution in [1.29, 1.82) is 0 Å². The van der Waals surface area contributed by atoms with Crippen LogP contribution in [0.2, 0.25) is 5.02 Å². The molecule has 1 unspecified atom stereocenters. The van der Waals surface area contributed by atoms with Crippen LogP contribution in [0.15, 0.2) is 30.4 Å². The van der Waals surface area contributed by atoms with Crippen molar-refractivity contribution in [3.63, 3.8) is 0 Å². The van der Waals surface area contributed by atoms with Crippen LogP contribution in [0.5, 0.6) is 11.5 Å². The van der Waals surface area contributed by atoms with Crippen molar-refractivity contribution >= 4 is 23.4 Å². The summed E-state index contributed by atoms with van der Waals surface area (Å²) in [5.74, 6) is -2.04. The molecule has 7 heteroatoms. The molecule has 2 aliphatic heterocycles. The van der Waals surface area contributed by atoms with Gasteiger partial charge in [-0.05, 0) is 13.0 Å². The first-order valence-electron chi connectivity index (χ1n) is 7.84. The maximum atomic E-state index is 12.5. The van der Waals surface area contributed by atoms with Crippen LogP contribution >= 0.6 is 11.6 Å². The zero-order chi connectivity index (χ0) is 18.1. The molecule has 0 bridgehead atoms. The second kappa shape index (κ2) is 6.90. The normalized spacial score (nSPS) is 29.0. The van der Waals surface area contributed by atoms with E-state index in [1.807, 2.05) is 6.08 Å². The Morgan fingerprint density at radius 3 is 2.72 bits per heavy atom. The molecule has 0 spiro atoms. The van der Waals surface area contributed by atoms with Crippen LogP contribution in [0.25, 0.3) is 0 Å². The number of phenolic OH excluding ortho intramolecular Hbond substituents is 2. The van der Waals surface area contributed by atoms with E-state index in [0.29, 0.717) is 6.42 Å². The molecule has 1 aromatic carbocycles. The molecule has 0 amide bonds. The van der Waals surface area contributed by atoms with Crippen LogP contribution in [0.3, 0.4) is 0 Å². The highest BCUT2D eigenvalue weighted by atomic mass is 35.5.